The molecule has 126 valence electrons. The molecule has 1 aromatic carbocycles. The van der Waals surface area contributed by atoms with Crippen molar-refractivity contribution >= 4 is 11.9 Å². The first-order chi connectivity index (χ1) is 11.5. The van der Waals surface area contributed by atoms with Gasteiger partial charge in [0.2, 0.25) is 5.43 Å². The first-order valence-electron chi connectivity index (χ1n) is 7.65. The molecule has 2 rings (SSSR count). The van der Waals surface area contributed by atoms with Gasteiger partial charge in [0, 0.05) is 24.7 Å². The van der Waals surface area contributed by atoms with Crippen LogP contribution in [0.15, 0.2) is 41.2 Å². The molecule has 7 heteroatoms. The molecule has 1 amide bonds. The molecule has 0 saturated heterocycles. The van der Waals surface area contributed by atoms with Crippen LogP contribution in [0.3, 0.4) is 0 Å². The molecule has 0 spiro atoms. The van der Waals surface area contributed by atoms with E-state index in [9.17, 15) is 14.4 Å². The predicted octanol–water partition coefficient (Wildman–Crippen LogP) is 1.53. The Bertz CT molecular complexity index is 784. The van der Waals surface area contributed by atoms with E-state index in [1.54, 1.807) is 11.6 Å². The molecule has 0 saturated carbocycles. The second-order valence-corrected chi connectivity index (χ2v) is 5.35. The predicted molar refractivity (Wildman–Crippen MR) is 88.4 cm³/mol. The number of aromatic nitrogens is 2. The highest BCUT2D eigenvalue weighted by Gasteiger charge is 2.14. The maximum atomic E-state index is 12.2. The standard InChI is InChI=1S/C17H19N3O4/c1-12-11-14(21)16(17(24)18-10-6-5-9-15(22)23)19-20(12)13-7-3-2-4-8-13/h2-4,7-8,11H,5-6,9-10H2,1H3,(H,18,24)(H,22,23). The van der Waals surface area contributed by atoms with E-state index in [1.807, 2.05) is 30.3 Å². The topological polar surface area (TPSA) is 101 Å². The average Bonchev–Trinajstić information content (AvgIpc) is 2.55. The number of carboxylic acids is 1. The summed E-state index contributed by atoms with van der Waals surface area (Å²) in [7, 11) is 0. The highest BCUT2D eigenvalue weighted by atomic mass is 16.4. The lowest BCUT2D eigenvalue weighted by molar-refractivity contribution is -0.137. The number of carboxylic acid groups (broad SMARTS) is 1. The Labute approximate surface area is 138 Å². The smallest absolute Gasteiger partial charge is 0.303 e. The molecule has 0 unspecified atom stereocenters. The van der Waals surface area contributed by atoms with Crippen LogP contribution in [0.5, 0.6) is 0 Å². The summed E-state index contributed by atoms with van der Waals surface area (Å²) in [6.07, 6.45) is 1.04. The number of aliphatic carboxylic acids is 1. The van der Waals surface area contributed by atoms with Crippen molar-refractivity contribution < 1.29 is 14.7 Å². The summed E-state index contributed by atoms with van der Waals surface area (Å²) >= 11 is 0. The molecule has 2 aromatic rings. The molecule has 0 radical (unpaired) electrons. The van der Waals surface area contributed by atoms with E-state index in [4.69, 9.17) is 5.11 Å². The number of benzene rings is 1. The number of carbonyl (C=O) groups is 2. The van der Waals surface area contributed by atoms with Crippen molar-refractivity contribution in [3.05, 3.63) is 58.0 Å². The van der Waals surface area contributed by atoms with Crippen molar-refractivity contribution in [1.82, 2.24) is 15.1 Å². The number of unbranched alkanes of at least 4 members (excludes halogenated alkanes) is 1. The highest BCUT2D eigenvalue weighted by molar-refractivity contribution is 5.92. The highest BCUT2D eigenvalue weighted by Crippen LogP contribution is 2.07. The van der Waals surface area contributed by atoms with E-state index in [-0.39, 0.29) is 12.1 Å². The second kappa shape index (κ2) is 8.05. The summed E-state index contributed by atoms with van der Waals surface area (Å²) in [6.45, 7) is 2.04. The van der Waals surface area contributed by atoms with Gasteiger partial charge in [-0.1, -0.05) is 18.2 Å². The van der Waals surface area contributed by atoms with Gasteiger partial charge in [0.1, 0.15) is 0 Å². The average molecular weight is 329 g/mol. The third kappa shape index (κ3) is 4.52. The lowest BCUT2D eigenvalue weighted by atomic mass is 10.2. The summed E-state index contributed by atoms with van der Waals surface area (Å²) in [6, 6.07) is 10.6. The van der Waals surface area contributed by atoms with Crippen molar-refractivity contribution in [1.29, 1.82) is 0 Å². The van der Waals surface area contributed by atoms with E-state index in [0.29, 0.717) is 25.1 Å². The van der Waals surface area contributed by atoms with Crippen LogP contribution in [0.25, 0.3) is 5.69 Å². The zero-order chi connectivity index (χ0) is 17.5. The first-order valence-corrected chi connectivity index (χ1v) is 7.65. The Hall–Kier alpha value is -2.96. The third-order valence-corrected chi connectivity index (χ3v) is 3.43. The van der Waals surface area contributed by atoms with E-state index < -0.39 is 17.3 Å². The Morgan fingerprint density at radius 2 is 1.92 bits per heavy atom. The van der Waals surface area contributed by atoms with Gasteiger partial charge >= 0.3 is 5.97 Å². The first kappa shape index (κ1) is 17.4. The zero-order valence-electron chi connectivity index (χ0n) is 13.4. The molecule has 0 atom stereocenters. The lowest BCUT2D eigenvalue weighted by Crippen LogP contribution is -2.32. The maximum Gasteiger partial charge on any atom is 0.303 e. The molecule has 7 nitrogen and oxygen atoms in total. The van der Waals surface area contributed by atoms with Gasteiger partial charge in [0.25, 0.3) is 5.91 Å². The van der Waals surface area contributed by atoms with Gasteiger partial charge in [-0.15, -0.1) is 0 Å². The normalized spacial score (nSPS) is 10.4. The Morgan fingerprint density at radius 3 is 2.58 bits per heavy atom. The third-order valence-electron chi connectivity index (χ3n) is 3.43. The van der Waals surface area contributed by atoms with Crippen molar-refractivity contribution in [3.8, 4) is 5.69 Å². The lowest BCUT2D eigenvalue weighted by Gasteiger charge is -2.11. The fourth-order valence-electron chi connectivity index (χ4n) is 2.22. The number of hydrogen-bond acceptors (Lipinski definition) is 4. The van der Waals surface area contributed by atoms with Crippen LogP contribution in [-0.4, -0.2) is 33.3 Å². The Morgan fingerprint density at radius 1 is 1.21 bits per heavy atom. The molecule has 2 N–H and O–H groups in total. The van der Waals surface area contributed by atoms with E-state index in [2.05, 4.69) is 10.4 Å². The van der Waals surface area contributed by atoms with Gasteiger partial charge in [-0.2, -0.15) is 5.10 Å². The monoisotopic (exact) mass is 329 g/mol. The van der Waals surface area contributed by atoms with Gasteiger partial charge in [-0.05, 0) is 31.9 Å². The fourth-order valence-corrected chi connectivity index (χ4v) is 2.22. The van der Waals surface area contributed by atoms with Crippen molar-refractivity contribution in [2.75, 3.05) is 6.54 Å². The molecule has 0 bridgehead atoms. The molecule has 1 heterocycles. The van der Waals surface area contributed by atoms with Gasteiger partial charge in [0.05, 0.1) is 5.69 Å². The quantitative estimate of drug-likeness (QED) is 0.750. The van der Waals surface area contributed by atoms with Gasteiger partial charge in [-0.25, -0.2) is 4.68 Å². The van der Waals surface area contributed by atoms with Gasteiger partial charge in [-0.3, -0.25) is 14.4 Å². The molecular weight excluding hydrogens is 310 g/mol. The van der Waals surface area contributed by atoms with Gasteiger partial charge < -0.3 is 10.4 Å². The molecule has 24 heavy (non-hydrogen) atoms. The van der Waals surface area contributed by atoms with Crippen LogP contribution in [0.1, 0.15) is 35.4 Å². The van der Waals surface area contributed by atoms with Crippen molar-refractivity contribution in [2.24, 2.45) is 0 Å². The molecule has 0 aliphatic rings. The molecule has 0 aliphatic carbocycles. The number of hydrogen-bond donors (Lipinski definition) is 2. The summed E-state index contributed by atoms with van der Waals surface area (Å²) in [5.74, 6) is -1.42. The number of para-hydroxylation sites is 1. The summed E-state index contributed by atoms with van der Waals surface area (Å²) in [4.78, 5) is 34.6. The van der Waals surface area contributed by atoms with Crippen LogP contribution in [0.4, 0.5) is 0 Å². The number of rotatable bonds is 7. The summed E-state index contributed by atoms with van der Waals surface area (Å²) < 4.78 is 1.54. The number of aryl methyl sites for hydroxylation is 1. The number of nitrogens with one attached hydrogen (secondary N) is 1. The number of amides is 1. The van der Waals surface area contributed by atoms with Crippen LogP contribution in [-0.2, 0) is 4.79 Å². The minimum absolute atomic E-state index is 0.0550. The maximum absolute atomic E-state index is 12.2. The van der Waals surface area contributed by atoms with E-state index >= 15 is 0 Å². The van der Waals surface area contributed by atoms with Crippen molar-refractivity contribution in [2.45, 2.75) is 26.2 Å². The fraction of sp³-hybridized carbons (Fsp3) is 0.294. The minimum atomic E-state index is -0.868. The van der Waals surface area contributed by atoms with Crippen LogP contribution in [0.2, 0.25) is 0 Å². The van der Waals surface area contributed by atoms with E-state index in [1.165, 1.54) is 6.07 Å². The minimum Gasteiger partial charge on any atom is -0.481 e. The summed E-state index contributed by atoms with van der Waals surface area (Å²) in [5.41, 5.74) is 0.764. The van der Waals surface area contributed by atoms with Crippen molar-refractivity contribution in [3.63, 3.8) is 0 Å². The second-order valence-electron chi connectivity index (χ2n) is 5.35. The molecule has 1 aromatic heterocycles. The molecule has 0 fully saturated rings. The van der Waals surface area contributed by atoms with Crippen LogP contribution < -0.4 is 10.7 Å². The zero-order valence-corrected chi connectivity index (χ0v) is 13.4. The number of nitrogens with zero attached hydrogens (tertiary/aromatic N) is 2. The largest absolute Gasteiger partial charge is 0.481 e. The Balaban J connectivity index is 2.11. The SMILES string of the molecule is Cc1cc(=O)c(C(=O)NCCCCC(=O)O)nn1-c1ccccc1. The number of carbonyl (C=O) groups excluding carboxylic acids is 1. The van der Waals surface area contributed by atoms with Gasteiger partial charge in [0.15, 0.2) is 5.69 Å². The Kier molecular flexibility index (Phi) is 5.83. The molecular formula is C17H19N3O4. The molecule has 0 aliphatic heterocycles. The van der Waals surface area contributed by atoms with E-state index in [0.717, 1.165) is 5.69 Å². The van der Waals surface area contributed by atoms with Crippen LogP contribution in [0, 0.1) is 6.92 Å². The summed E-state index contributed by atoms with van der Waals surface area (Å²) in [5, 5.41) is 15.3. The van der Waals surface area contributed by atoms with Crippen LogP contribution >= 0.6 is 0 Å².